The van der Waals surface area contributed by atoms with Gasteiger partial charge in [0.15, 0.2) is 6.10 Å². The second-order valence-electron chi connectivity index (χ2n) is 5.42. The molecule has 0 saturated carbocycles. The highest BCUT2D eigenvalue weighted by molar-refractivity contribution is 6.30. The van der Waals surface area contributed by atoms with Crippen LogP contribution in [0.5, 0.6) is 5.75 Å². The van der Waals surface area contributed by atoms with Crippen molar-refractivity contribution in [3.8, 4) is 5.75 Å². The van der Waals surface area contributed by atoms with Crippen LogP contribution in [0.2, 0.25) is 5.02 Å². The highest BCUT2D eigenvalue weighted by atomic mass is 35.5. The predicted octanol–water partition coefficient (Wildman–Crippen LogP) is 4.27. The molecule has 0 radical (unpaired) electrons. The number of benzene rings is 2. The molecule has 7 heteroatoms. The quantitative estimate of drug-likeness (QED) is 0.646. The van der Waals surface area contributed by atoms with Crippen LogP contribution >= 0.6 is 11.6 Å². The lowest BCUT2D eigenvalue weighted by Gasteiger charge is -2.17. The average molecular weight is 349 g/mol. The third-order valence-corrected chi connectivity index (χ3v) is 3.72. The molecule has 126 valence electrons. The van der Waals surface area contributed by atoms with E-state index < -0.39 is 11.0 Å². The van der Waals surface area contributed by atoms with Crippen molar-refractivity contribution in [1.29, 1.82) is 0 Å². The van der Waals surface area contributed by atoms with E-state index in [1.54, 1.807) is 32.0 Å². The summed E-state index contributed by atoms with van der Waals surface area (Å²) in [5.74, 6) is 0.226. The van der Waals surface area contributed by atoms with E-state index in [2.05, 4.69) is 5.32 Å². The van der Waals surface area contributed by atoms with Crippen LogP contribution in [0.1, 0.15) is 18.1 Å². The molecular weight excluding hydrogens is 332 g/mol. The summed E-state index contributed by atoms with van der Waals surface area (Å²) in [5.41, 5.74) is 1.92. The van der Waals surface area contributed by atoms with Crippen molar-refractivity contribution in [1.82, 2.24) is 0 Å². The first-order valence-electron chi connectivity index (χ1n) is 7.26. The van der Waals surface area contributed by atoms with Gasteiger partial charge in [0.1, 0.15) is 5.75 Å². The van der Waals surface area contributed by atoms with Crippen LogP contribution in [0.25, 0.3) is 0 Å². The maximum atomic E-state index is 12.3. The number of hydrogen-bond acceptors (Lipinski definition) is 4. The topological polar surface area (TPSA) is 81.5 Å². The molecule has 6 nitrogen and oxygen atoms in total. The normalized spacial score (nSPS) is 11.7. The number of nitrogens with one attached hydrogen (secondary N) is 1. The molecule has 1 unspecified atom stereocenters. The van der Waals surface area contributed by atoms with Crippen LogP contribution in [0.3, 0.4) is 0 Å². The molecule has 2 aromatic rings. The number of nitro groups is 1. The van der Waals surface area contributed by atoms with Crippen LogP contribution in [0.4, 0.5) is 11.4 Å². The minimum absolute atomic E-state index is 0.0217. The Morgan fingerprint density at radius 1 is 1.21 bits per heavy atom. The van der Waals surface area contributed by atoms with Crippen LogP contribution in [-0.4, -0.2) is 16.9 Å². The molecule has 0 spiro atoms. The van der Waals surface area contributed by atoms with Gasteiger partial charge >= 0.3 is 0 Å². The number of carbonyl (C=O) groups excluding carboxylic acids is 1. The molecule has 0 saturated heterocycles. The fraction of sp³-hybridized carbons (Fsp3) is 0.235. The lowest BCUT2D eigenvalue weighted by molar-refractivity contribution is -0.384. The van der Waals surface area contributed by atoms with Crippen molar-refractivity contribution in [2.45, 2.75) is 26.9 Å². The number of nitrogens with zero attached hydrogens (tertiary/aromatic N) is 1. The molecular formula is C17H17ClN2O4. The first-order chi connectivity index (χ1) is 11.3. The number of carbonyl (C=O) groups is 1. The van der Waals surface area contributed by atoms with E-state index in [0.29, 0.717) is 22.0 Å². The summed E-state index contributed by atoms with van der Waals surface area (Å²) in [4.78, 5) is 22.5. The summed E-state index contributed by atoms with van der Waals surface area (Å²) in [6.45, 7) is 5.16. The largest absolute Gasteiger partial charge is 0.481 e. The molecule has 2 aromatic carbocycles. The fourth-order valence-electron chi connectivity index (χ4n) is 2.13. The Morgan fingerprint density at radius 2 is 1.92 bits per heavy atom. The Hall–Kier alpha value is -2.60. The van der Waals surface area contributed by atoms with Crippen LogP contribution in [0.15, 0.2) is 36.4 Å². The van der Waals surface area contributed by atoms with Gasteiger partial charge in [-0.25, -0.2) is 0 Å². The van der Waals surface area contributed by atoms with Gasteiger partial charge in [0.05, 0.1) is 4.92 Å². The molecule has 1 amide bonds. The third-order valence-electron chi connectivity index (χ3n) is 3.49. The summed E-state index contributed by atoms with van der Waals surface area (Å²) in [7, 11) is 0. The smallest absolute Gasteiger partial charge is 0.269 e. The molecule has 1 atom stereocenters. The second kappa shape index (κ2) is 7.31. The number of hydrogen-bond donors (Lipinski definition) is 1. The third kappa shape index (κ3) is 4.23. The van der Waals surface area contributed by atoms with Gasteiger partial charge in [-0.2, -0.15) is 0 Å². The molecule has 0 bridgehead atoms. The summed E-state index contributed by atoms with van der Waals surface area (Å²) < 4.78 is 5.66. The van der Waals surface area contributed by atoms with E-state index in [1.165, 1.54) is 18.2 Å². The summed E-state index contributed by atoms with van der Waals surface area (Å²) >= 11 is 5.89. The first-order valence-corrected chi connectivity index (χ1v) is 7.64. The monoisotopic (exact) mass is 348 g/mol. The van der Waals surface area contributed by atoms with Gasteiger partial charge in [-0.1, -0.05) is 11.6 Å². The first kappa shape index (κ1) is 17.7. The minimum Gasteiger partial charge on any atom is -0.481 e. The Labute approximate surface area is 144 Å². The molecule has 0 aliphatic heterocycles. The molecule has 1 N–H and O–H groups in total. The SMILES string of the molecule is Cc1cc([N+](=O)[O-])ccc1NC(=O)C(C)Oc1ccc(Cl)cc1C. The molecule has 0 heterocycles. The Kier molecular flexibility index (Phi) is 5.41. The maximum Gasteiger partial charge on any atom is 0.269 e. The Morgan fingerprint density at radius 3 is 2.50 bits per heavy atom. The van der Waals surface area contributed by atoms with Crippen molar-refractivity contribution in [3.05, 3.63) is 62.7 Å². The van der Waals surface area contributed by atoms with E-state index >= 15 is 0 Å². The van der Waals surface area contributed by atoms with Gasteiger partial charge < -0.3 is 10.1 Å². The molecule has 2 rings (SSSR count). The van der Waals surface area contributed by atoms with E-state index in [0.717, 1.165) is 5.56 Å². The van der Waals surface area contributed by atoms with E-state index in [-0.39, 0.29) is 11.6 Å². The van der Waals surface area contributed by atoms with Crippen molar-refractivity contribution >= 4 is 28.9 Å². The summed E-state index contributed by atoms with van der Waals surface area (Å²) in [6, 6.07) is 9.41. The van der Waals surface area contributed by atoms with Gasteiger partial charge in [0.2, 0.25) is 0 Å². The van der Waals surface area contributed by atoms with Crippen molar-refractivity contribution in [2.24, 2.45) is 0 Å². The van der Waals surface area contributed by atoms with Crippen LogP contribution in [0, 0.1) is 24.0 Å². The van der Waals surface area contributed by atoms with E-state index in [9.17, 15) is 14.9 Å². The van der Waals surface area contributed by atoms with E-state index in [1.807, 2.05) is 6.92 Å². The number of nitro benzene ring substituents is 1. The minimum atomic E-state index is -0.737. The van der Waals surface area contributed by atoms with Crippen molar-refractivity contribution in [2.75, 3.05) is 5.32 Å². The summed E-state index contributed by atoms with van der Waals surface area (Å²) in [5, 5.41) is 14.1. The maximum absolute atomic E-state index is 12.3. The van der Waals surface area contributed by atoms with Crippen molar-refractivity contribution in [3.63, 3.8) is 0 Å². The number of non-ortho nitro benzene ring substituents is 1. The molecule has 0 aromatic heterocycles. The number of aryl methyl sites for hydroxylation is 2. The number of ether oxygens (including phenoxy) is 1. The zero-order chi connectivity index (χ0) is 17.9. The number of halogens is 1. The fourth-order valence-corrected chi connectivity index (χ4v) is 2.35. The lowest BCUT2D eigenvalue weighted by Crippen LogP contribution is -2.30. The molecule has 0 fully saturated rings. The summed E-state index contributed by atoms with van der Waals surface area (Å²) in [6.07, 6.45) is -0.737. The highest BCUT2D eigenvalue weighted by Gasteiger charge is 2.17. The Bertz CT molecular complexity index is 792. The van der Waals surface area contributed by atoms with Crippen LogP contribution in [-0.2, 0) is 4.79 Å². The van der Waals surface area contributed by atoms with E-state index in [4.69, 9.17) is 16.3 Å². The second-order valence-corrected chi connectivity index (χ2v) is 5.85. The zero-order valence-electron chi connectivity index (χ0n) is 13.5. The van der Waals surface area contributed by atoms with Crippen LogP contribution < -0.4 is 10.1 Å². The van der Waals surface area contributed by atoms with Gasteiger partial charge in [0, 0.05) is 22.8 Å². The standard InChI is InChI=1S/C17H17ClN2O4/c1-10-9-14(20(22)23)5-6-15(10)19-17(21)12(3)24-16-7-4-13(18)8-11(16)2/h4-9,12H,1-3H3,(H,19,21). The zero-order valence-corrected chi connectivity index (χ0v) is 14.3. The highest BCUT2D eigenvalue weighted by Crippen LogP contribution is 2.24. The van der Waals surface area contributed by atoms with Crippen molar-refractivity contribution < 1.29 is 14.5 Å². The lowest BCUT2D eigenvalue weighted by atomic mass is 10.1. The average Bonchev–Trinajstić information content (AvgIpc) is 2.51. The van der Waals surface area contributed by atoms with Gasteiger partial charge in [-0.3, -0.25) is 14.9 Å². The molecule has 24 heavy (non-hydrogen) atoms. The Balaban J connectivity index is 2.07. The van der Waals surface area contributed by atoms with Gasteiger partial charge in [0.25, 0.3) is 11.6 Å². The number of rotatable bonds is 5. The molecule has 0 aliphatic rings. The number of anilines is 1. The molecule has 0 aliphatic carbocycles. The predicted molar refractivity (Wildman–Crippen MR) is 92.7 cm³/mol. The van der Waals surface area contributed by atoms with Gasteiger partial charge in [-0.15, -0.1) is 0 Å². The number of amides is 1. The van der Waals surface area contributed by atoms with Gasteiger partial charge in [-0.05, 0) is 56.2 Å².